The highest BCUT2D eigenvalue weighted by molar-refractivity contribution is 5.59. The molecule has 0 radical (unpaired) electrons. The van der Waals surface area contributed by atoms with Crippen LogP contribution in [0.2, 0.25) is 0 Å². The molecular weight excluding hydrogens is 214 g/mol. The van der Waals surface area contributed by atoms with E-state index in [0.29, 0.717) is 6.61 Å². The minimum Gasteiger partial charge on any atom is -0.399 e. The van der Waals surface area contributed by atoms with Crippen molar-refractivity contribution in [1.82, 2.24) is 9.55 Å². The van der Waals surface area contributed by atoms with Gasteiger partial charge >= 0.3 is 0 Å². The van der Waals surface area contributed by atoms with Gasteiger partial charge in [-0.1, -0.05) is 0 Å². The maximum atomic E-state index is 5.68. The van der Waals surface area contributed by atoms with E-state index in [9.17, 15) is 0 Å². The molecule has 2 aromatic rings. The molecule has 2 rings (SSSR count). The molecule has 1 atom stereocenters. The van der Waals surface area contributed by atoms with Gasteiger partial charge in [0.25, 0.3) is 0 Å². The second kappa shape index (κ2) is 5.01. The Kier molecular flexibility index (Phi) is 3.44. The van der Waals surface area contributed by atoms with Gasteiger partial charge in [0.1, 0.15) is 5.82 Å². The van der Waals surface area contributed by atoms with E-state index >= 15 is 0 Å². The zero-order valence-corrected chi connectivity index (χ0v) is 10.1. The van der Waals surface area contributed by atoms with Crippen molar-refractivity contribution >= 4 is 5.69 Å². The Morgan fingerprint density at radius 3 is 2.71 bits per heavy atom. The van der Waals surface area contributed by atoms with Crippen LogP contribution in [0.3, 0.4) is 0 Å². The first-order chi connectivity index (χ1) is 8.22. The van der Waals surface area contributed by atoms with Crippen molar-refractivity contribution in [2.24, 2.45) is 0 Å². The third-order valence-corrected chi connectivity index (χ3v) is 2.72. The van der Waals surface area contributed by atoms with Crippen LogP contribution in [0.15, 0.2) is 36.7 Å². The van der Waals surface area contributed by atoms with Gasteiger partial charge in [-0.15, -0.1) is 0 Å². The first-order valence-electron chi connectivity index (χ1n) is 5.60. The summed E-state index contributed by atoms with van der Waals surface area (Å²) in [6.45, 7) is 2.77. The fourth-order valence-corrected chi connectivity index (χ4v) is 1.85. The third kappa shape index (κ3) is 2.47. The standard InChI is InChI=1S/C13H17N3O/c1-10(9-17-2)16-8-7-15-13(16)11-3-5-12(14)6-4-11/h3-8,10H,9,14H2,1-2H3. The molecule has 4 heteroatoms. The SMILES string of the molecule is COCC(C)n1ccnc1-c1ccc(N)cc1. The fraction of sp³-hybridized carbons (Fsp3) is 0.308. The summed E-state index contributed by atoms with van der Waals surface area (Å²) in [6, 6.07) is 7.99. The van der Waals surface area contributed by atoms with Crippen LogP contribution in [0.1, 0.15) is 13.0 Å². The smallest absolute Gasteiger partial charge is 0.140 e. The maximum absolute atomic E-state index is 5.68. The van der Waals surface area contributed by atoms with Crippen molar-refractivity contribution in [1.29, 1.82) is 0 Å². The molecule has 1 unspecified atom stereocenters. The predicted molar refractivity (Wildman–Crippen MR) is 68.7 cm³/mol. The second-order valence-corrected chi connectivity index (χ2v) is 4.08. The minimum atomic E-state index is 0.259. The van der Waals surface area contributed by atoms with Crippen LogP contribution in [0.5, 0.6) is 0 Å². The summed E-state index contributed by atoms with van der Waals surface area (Å²) in [7, 11) is 1.70. The van der Waals surface area contributed by atoms with Crippen LogP contribution in [-0.2, 0) is 4.74 Å². The van der Waals surface area contributed by atoms with Crippen molar-refractivity contribution in [3.05, 3.63) is 36.7 Å². The number of nitrogen functional groups attached to an aromatic ring is 1. The van der Waals surface area contributed by atoms with Crippen LogP contribution in [0, 0.1) is 0 Å². The van der Waals surface area contributed by atoms with Crippen LogP contribution in [-0.4, -0.2) is 23.3 Å². The number of aromatic nitrogens is 2. The van der Waals surface area contributed by atoms with E-state index in [0.717, 1.165) is 17.1 Å². The number of methoxy groups -OCH3 is 1. The van der Waals surface area contributed by atoms with E-state index in [2.05, 4.69) is 16.5 Å². The lowest BCUT2D eigenvalue weighted by atomic mass is 10.2. The summed E-state index contributed by atoms with van der Waals surface area (Å²) >= 11 is 0. The first kappa shape index (κ1) is 11.7. The molecular formula is C13H17N3O. The highest BCUT2D eigenvalue weighted by Crippen LogP contribution is 2.22. The lowest BCUT2D eigenvalue weighted by Crippen LogP contribution is -2.11. The third-order valence-electron chi connectivity index (χ3n) is 2.72. The Morgan fingerprint density at radius 1 is 1.35 bits per heavy atom. The fourth-order valence-electron chi connectivity index (χ4n) is 1.85. The first-order valence-corrected chi connectivity index (χ1v) is 5.60. The van der Waals surface area contributed by atoms with E-state index < -0.39 is 0 Å². The summed E-state index contributed by atoms with van der Waals surface area (Å²) in [5.74, 6) is 0.939. The molecule has 0 aliphatic heterocycles. The zero-order chi connectivity index (χ0) is 12.3. The molecule has 0 amide bonds. The van der Waals surface area contributed by atoms with Gasteiger partial charge in [0, 0.05) is 30.8 Å². The normalized spacial score (nSPS) is 12.6. The molecule has 0 aliphatic carbocycles. The Labute approximate surface area is 101 Å². The van der Waals surface area contributed by atoms with Gasteiger partial charge in [-0.2, -0.15) is 0 Å². The molecule has 90 valence electrons. The van der Waals surface area contributed by atoms with Crippen molar-refractivity contribution in [2.75, 3.05) is 19.5 Å². The van der Waals surface area contributed by atoms with Crippen molar-refractivity contribution in [3.8, 4) is 11.4 Å². The van der Waals surface area contributed by atoms with Gasteiger partial charge < -0.3 is 15.0 Å². The number of hydrogen-bond donors (Lipinski definition) is 1. The van der Waals surface area contributed by atoms with Gasteiger partial charge in [-0.25, -0.2) is 4.98 Å². The van der Waals surface area contributed by atoms with Crippen LogP contribution in [0.4, 0.5) is 5.69 Å². The second-order valence-electron chi connectivity index (χ2n) is 4.08. The molecule has 1 aromatic carbocycles. The molecule has 0 saturated heterocycles. The molecule has 1 heterocycles. The average molecular weight is 231 g/mol. The predicted octanol–water partition coefficient (Wildman–Crippen LogP) is 2.34. The largest absolute Gasteiger partial charge is 0.399 e. The number of benzene rings is 1. The Balaban J connectivity index is 2.33. The molecule has 0 bridgehead atoms. The quantitative estimate of drug-likeness (QED) is 0.822. The van der Waals surface area contributed by atoms with E-state index in [-0.39, 0.29) is 6.04 Å². The zero-order valence-electron chi connectivity index (χ0n) is 10.1. The Bertz CT molecular complexity index is 476. The number of ether oxygens (including phenoxy) is 1. The minimum absolute atomic E-state index is 0.259. The molecule has 0 fully saturated rings. The highest BCUT2D eigenvalue weighted by atomic mass is 16.5. The summed E-state index contributed by atoms with van der Waals surface area (Å²) in [6.07, 6.45) is 3.77. The average Bonchev–Trinajstić information content (AvgIpc) is 2.79. The maximum Gasteiger partial charge on any atom is 0.140 e. The summed E-state index contributed by atoms with van der Waals surface area (Å²) in [5.41, 5.74) is 7.50. The van der Waals surface area contributed by atoms with Crippen LogP contribution in [0.25, 0.3) is 11.4 Å². The topological polar surface area (TPSA) is 53.1 Å². The molecule has 17 heavy (non-hydrogen) atoms. The molecule has 0 saturated carbocycles. The molecule has 4 nitrogen and oxygen atoms in total. The molecule has 0 aliphatic rings. The number of imidazole rings is 1. The van der Waals surface area contributed by atoms with Gasteiger partial charge in [0.15, 0.2) is 0 Å². The van der Waals surface area contributed by atoms with Crippen molar-refractivity contribution < 1.29 is 4.74 Å². The number of nitrogens with two attached hydrogens (primary N) is 1. The molecule has 0 spiro atoms. The lowest BCUT2D eigenvalue weighted by molar-refractivity contribution is 0.163. The van der Waals surface area contributed by atoms with Crippen molar-refractivity contribution in [3.63, 3.8) is 0 Å². The van der Waals surface area contributed by atoms with Gasteiger partial charge in [-0.05, 0) is 31.2 Å². The number of nitrogens with zero attached hydrogens (tertiary/aromatic N) is 2. The number of hydrogen-bond acceptors (Lipinski definition) is 3. The Hall–Kier alpha value is -1.81. The molecule has 2 N–H and O–H groups in total. The van der Waals surface area contributed by atoms with Crippen LogP contribution < -0.4 is 5.73 Å². The van der Waals surface area contributed by atoms with E-state index in [1.54, 1.807) is 13.3 Å². The molecule has 1 aromatic heterocycles. The monoisotopic (exact) mass is 231 g/mol. The summed E-state index contributed by atoms with van der Waals surface area (Å²) in [4.78, 5) is 4.39. The van der Waals surface area contributed by atoms with Gasteiger partial charge in [0.05, 0.1) is 12.6 Å². The van der Waals surface area contributed by atoms with E-state index in [1.807, 2.05) is 30.5 Å². The van der Waals surface area contributed by atoms with Gasteiger partial charge in [0.2, 0.25) is 0 Å². The van der Waals surface area contributed by atoms with E-state index in [4.69, 9.17) is 10.5 Å². The number of anilines is 1. The van der Waals surface area contributed by atoms with Crippen LogP contribution >= 0.6 is 0 Å². The van der Waals surface area contributed by atoms with E-state index in [1.165, 1.54) is 0 Å². The highest BCUT2D eigenvalue weighted by Gasteiger charge is 2.11. The summed E-state index contributed by atoms with van der Waals surface area (Å²) in [5, 5.41) is 0. The van der Waals surface area contributed by atoms with Crippen molar-refractivity contribution in [2.45, 2.75) is 13.0 Å². The lowest BCUT2D eigenvalue weighted by Gasteiger charge is -2.15. The van der Waals surface area contributed by atoms with Gasteiger partial charge in [-0.3, -0.25) is 0 Å². The summed E-state index contributed by atoms with van der Waals surface area (Å²) < 4.78 is 7.27. The number of rotatable bonds is 4. The Morgan fingerprint density at radius 2 is 2.06 bits per heavy atom.